The van der Waals surface area contributed by atoms with E-state index in [9.17, 15) is 4.39 Å². The van der Waals surface area contributed by atoms with Crippen LogP contribution < -0.4 is 5.73 Å². The first-order chi connectivity index (χ1) is 18.7. The molecule has 1 aliphatic heterocycles. The van der Waals surface area contributed by atoms with Gasteiger partial charge in [0.15, 0.2) is 0 Å². The lowest BCUT2D eigenvalue weighted by atomic mass is 9.86. The molecule has 1 fully saturated rings. The highest BCUT2D eigenvalue weighted by Gasteiger charge is 2.22. The third kappa shape index (κ3) is 6.09. The molecule has 0 saturated heterocycles. The molecule has 3 aliphatic rings. The van der Waals surface area contributed by atoms with Crippen LogP contribution in [0.3, 0.4) is 0 Å². The van der Waals surface area contributed by atoms with Crippen LogP contribution in [0.4, 0.5) is 10.1 Å². The Kier molecular flexibility index (Phi) is 8.73. The van der Waals surface area contributed by atoms with Crippen molar-refractivity contribution >= 4 is 23.0 Å². The first-order valence-electron chi connectivity index (χ1n) is 14.6. The van der Waals surface area contributed by atoms with Crippen LogP contribution in [0.15, 0.2) is 65.7 Å². The van der Waals surface area contributed by atoms with Gasteiger partial charge in [-0.25, -0.2) is 0 Å². The molecule has 2 aliphatic carbocycles. The third-order valence-electron chi connectivity index (χ3n) is 8.29. The maximum atomic E-state index is 11.0. The van der Waals surface area contributed by atoms with Crippen LogP contribution in [0, 0.1) is 5.92 Å². The van der Waals surface area contributed by atoms with Gasteiger partial charge in [0, 0.05) is 11.9 Å². The molecule has 0 spiro atoms. The van der Waals surface area contributed by atoms with E-state index in [1.165, 1.54) is 82.2 Å². The number of anilines is 1. The van der Waals surface area contributed by atoms with Crippen LogP contribution >= 0.6 is 0 Å². The summed E-state index contributed by atoms with van der Waals surface area (Å²) < 4.78 is 11.0. The molecule has 2 nitrogen and oxygen atoms in total. The van der Waals surface area contributed by atoms with E-state index in [-0.39, 0.29) is 6.67 Å². The van der Waals surface area contributed by atoms with Crippen LogP contribution in [0.2, 0.25) is 0 Å². The van der Waals surface area contributed by atoms with Gasteiger partial charge in [-0.1, -0.05) is 81.5 Å². The molecule has 3 aromatic carbocycles. The zero-order valence-electron chi connectivity index (χ0n) is 22.8. The summed E-state index contributed by atoms with van der Waals surface area (Å²) in [5.41, 5.74) is 19.3. The Morgan fingerprint density at radius 1 is 0.868 bits per heavy atom. The predicted molar refractivity (Wildman–Crippen MR) is 160 cm³/mol. The van der Waals surface area contributed by atoms with Gasteiger partial charge < -0.3 is 5.73 Å². The van der Waals surface area contributed by atoms with Gasteiger partial charge >= 0.3 is 0 Å². The monoisotopic (exact) mass is 508 g/mol. The molecule has 198 valence electrons. The number of aliphatic imine (C=N–C) groups is 1. The van der Waals surface area contributed by atoms with Gasteiger partial charge in [-0.05, 0) is 106 Å². The summed E-state index contributed by atoms with van der Waals surface area (Å²) in [6.45, 7) is 2.63. The average molecular weight is 509 g/mol. The Hall–Kier alpha value is -3.20. The minimum Gasteiger partial charge on any atom is -0.399 e. The number of rotatable bonds is 6. The van der Waals surface area contributed by atoms with Crippen molar-refractivity contribution in [3.05, 3.63) is 99.6 Å². The van der Waals surface area contributed by atoms with Gasteiger partial charge in [-0.2, -0.15) is 0 Å². The summed E-state index contributed by atoms with van der Waals surface area (Å²) in [7, 11) is 0. The minimum atomic E-state index is -0.156. The molecule has 38 heavy (non-hydrogen) atoms. The molecule has 0 amide bonds. The maximum Gasteiger partial charge on any atom is 0.0894 e. The van der Waals surface area contributed by atoms with E-state index in [0.717, 1.165) is 50.3 Å². The fourth-order valence-corrected chi connectivity index (χ4v) is 6.20. The Balaban J connectivity index is 0.000000540. The number of hydrogen-bond acceptors (Lipinski definition) is 2. The van der Waals surface area contributed by atoms with E-state index in [1.807, 2.05) is 13.1 Å². The predicted octanol–water partition coefficient (Wildman–Crippen LogP) is 8.99. The number of nitrogens with zero attached hydrogens (tertiary/aromatic N) is 1. The molecule has 6 rings (SSSR count). The summed E-state index contributed by atoms with van der Waals surface area (Å²) in [5.74, 6) is 0.875. The normalized spacial score (nSPS) is 16.6. The molecule has 1 saturated carbocycles. The number of fused-ring (bicyclic) bond motifs is 2. The molecule has 3 aromatic rings. The molecule has 1 heterocycles. The number of hydrogen-bond donors (Lipinski definition) is 1. The van der Waals surface area contributed by atoms with Gasteiger partial charge in [-0.15, -0.1) is 0 Å². The topological polar surface area (TPSA) is 38.4 Å². The Bertz CT molecular complexity index is 1290. The van der Waals surface area contributed by atoms with Gasteiger partial charge in [-0.3, -0.25) is 9.38 Å². The number of allylic oxidation sites excluding steroid dienone is 1. The fraction of sp³-hybridized carbons (Fsp3) is 0.400. The highest BCUT2D eigenvalue weighted by Crippen LogP contribution is 2.41. The zero-order valence-corrected chi connectivity index (χ0v) is 22.8. The van der Waals surface area contributed by atoms with Gasteiger partial charge in [0.2, 0.25) is 0 Å². The minimum absolute atomic E-state index is 0.156. The number of alkyl halides is 1. The lowest BCUT2D eigenvalue weighted by Crippen LogP contribution is -2.00. The second kappa shape index (κ2) is 12.6. The molecular formula is C35H41FN2. The van der Waals surface area contributed by atoms with Crippen LogP contribution in [-0.2, 0) is 19.4 Å². The van der Waals surface area contributed by atoms with Gasteiger partial charge in [0.1, 0.15) is 0 Å². The number of unbranched alkanes of at least 4 members (excludes halogenated alkanes) is 1. The van der Waals surface area contributed by atoms with Crippen molar-refractivity contribution < 1.29 is 4.39 Å². The maximum absolute atomic E-state index is 11.0. The fourth-order valence-electron chi connectivity index (χ4n) is 6.20. The number of nitrogens with two attached hydrogens (primary N) is 1. The van der Waals surface area contributed by atoms with Gasteiger partial charge in [0.25, 0.3) is 0 Å². The van der Waals surface area contributed by atoms with Crippen LogP contribution in [-0.4, -0.2) is 12.9 Å². The first kappa shape index (κ1) is 26.4. The molecule has 0 atom stereocenters. The van der Waals surface area contributed by atoms with E-state index in [2.05, 4.69) is 65.7 Å². The van der Waals surface area contributed by atoms with Crippen molar-refractivity contribution in [2.24, 2.45) is 10.9 Å². The van der Waals surface area contributed by atoms with Gasteiger partial charge in [0.05, 0.1) is 13.2 Å². The summed E-state index contributed by atoms with van der Waals surface area (Å²) in [5, 5.41) is 0. The molecule has 0 bridgehead atoms. The standard InChI is InChI=1S/C31H32N2.C4H9F/c32-28-14-15-30-24(18-28)6-3-7-29(25-12-13-26-19-33-20-27(26)17-25)31(30)23-10-8-22(9-11-23)16-21-4-1-2-5-21;1-2-3-4-5/h8-15,17-18,20-21H,1-7,16,19,32H2;2-4H2,1H3. The van der Waals surface area contributed by atoms with E-state index in [4.69, 9.17) is 5.73 Å². The average Bonchev–Trinajstić information content (AvgIpc) is 3.58. The molecule has 0 unspecified atom stereocenters. The summed E-state index contributed by atoms with van der Waals surface area (Å²) in [4.78, 5) is 4.48. The SMILES string of the molecule is CCCCF.Nc1ccc2c(c1)CCCC(c1ccc3c(c1)C=NC3)=C2c1ccc(CC2CCCC2)cc1. The molecule has 2 N–H and O–H groups in total. The number of nitrogen functional groups attached to an aromatic ring is 1. The van der Waals surface area contributed by atoms with Crippen LogP contribution in [0.1, 0.15) is 97.2 Å². The second-order valence-electron chi connectivity index (χ2n) is 11.1. The van der Waals surface area contributed by atoms with E-state index < -0.39 is 0 Å². The van der Waals surface area contributed by atoms with Crippen molar-refractivity contribution in [1.82, 2.24) is 0 Å². The highest BCUT2D eigenvalue weighted by molar-refractivity contribution is 6.01. The largest absolute Gasteiger partial charge is 0.399 e. The van der Waals surface area contributed by atoms with E-state index in [0.29, 0.717) is 0 Å². The lowest BCUT2D eigenvalue weighted by Gasteiger charge is -2.18. The van der Waals surface area contributed by atoms with Crippen molar-refractivity contribution in [3.63, 3.8) is 0 Å². The van der Waals surface area contributed by atoms with E-state index >= 15 is 0 Å². The quantitative estimate of drug-likeness (QED) is 0.332. The molecule has 3 heteroatoms. The lowest BCUT2D eigenvalue weighted by molar-refractivity contribution is 0.469. The Labute approximate surface area is 227 Å². The van der Waals surface area contributed by atoms with Crippen molar-refractivity contribution in [2.45, 2.75) is 77.7 Å². The number of benzene rings is 3. The van der Waals surface area contributed by atoms with Crippen molar-refractivity contribution in [1.29, 1.82) is 0 Å². The van der Waals surface area contributed by atoms with Crippen LogP contribution in [0.25, 0.3) is 11.1 Å². The van der Waals surface area contributed by atoms with E-state index in [1.54, 1.807) is 0 Å². The van der Waals surface area contributed by atoms with Crippen LogP contribution in [0.5, 0.6) is 0 Å². The highest BCUT2D eigenvalue weighted by atomic mass is 19.1. The summed E-state index contributed by atoms with van der Waals surface area (Å²) in [6, 6.07) is 22.9. The number of halogens is 1. The second-order valence-corrected chi connectivity index (χ2v) is 11.1. The first-order valence-corrected chi connectivity index (χ1v) is 14.6. The summed E-state index contributed by atoms with van der Waals surface area (Å²) >= 11 is 0. The smallest absolute Gasteiger partial charge is 0.0894 e. The van der Waals surface area contributed by atoms with Crippen molar-refractivity contribution in [2.75, 3.05) is 12.4 Å². The molecular weight excluding hydrogens is 467 g/mol. The molecule has 0 radical (unpaired) electrons. The third-order valence-corrected chi connectivity index (χ3v) is 8.29. The zero-order chi connectivity index (χ0) is 26.3. The van der Waals surface area contributed by atoms with Crippen molar-refractivity contribution in [3.8, 4) is 0 Å². The molecule has 0 aromatic heterocycles. The summed E-state index contributed by atoms with van der Waals surface area (Å²) in [6.07, 6.45) is 13.8. The number of aryl methyl sites for hydroxylation is 1. The Morgan fingerprint density at radius 2 is 1.66 bits per heavy atom. The Morgan fingerprint density at radius 3 is 2.39 bits per heavy atom.